The molecule has 3 amide bonds. The monoisotopic (exact) mass is 583 g/mol. The summed E-state index contributed by atoms with van der Waals surface area (Å²) in [5.74, 6) is -0.909. The number of piperazine rings is 1. The van der Waals surface area contributed by atoms with Gasteiger partial charge < -0.3 is 29.3 Å². The molecule has 0 saturated carbocycles. The molecule has 0 bridgehead atoms. The van der Waals surface area contributed by atoms with Crippen molar-refractivity contribution < 1.29 is 33.4 Å². The standard InChI is InChI=1S/C30H41N5O7/c1-6-19-41-24-20-23(31-26(33-24)21-11-9-8-10-12-21)27(37)32-22(13-14-25(36)42-30(3,4)5)28(38)34-15-17-35(18-16-34)29(39)40-7-2/h8-12,20,22H,6-7,13-19H2,1-5H3,(H,32,37). The molecule has 12 nitrogen and oxygen atoms in total. The van der Waals surface area contributed by atoms with Crippen molar-refractivity contribution in [2.45, 2.75) is 65.5 Å². The average molecular weight is 584 g/mol. The summed E-state index contributed by atoms with van der Waals surface area (Å²) < 4.78 is 16.2. The van der Waals surface area contributed by atoms with Gasteiger partial charge in [-0.15, -0.1) is 0 Å². The molecule has 228 valence electrons. The summed E-state index contributed by atoms with van der Waals surface area (Å²) in [4.78, 5) is 63.7. The van der Waals surface area contributed by atoms with Crippen molar-refractivity contribution in [1.29, 1.82) is 0 Å². The minimum absolute atomic E-state index is 0.0212. The highest BCUT2D eigenvalue weighted by Gasteiger charge is 2.32. The molecule has 1 fully saturated rings. The van der Waals surface area contributed by atoms with Gasteiger partial charge in [-0.1, -0.05) is 37.3 Å². The largest absolute Gasteiger partial charge is 0.478 e. The fraction of sp³-hybridized carbons (Fsp3) is 0.533. The van der Waals surface area contributed by atoms with Crippen molar-refractivity contribution in [1.82, 2.24) is 25.1 Å². The molecule has 1 atom stereocenters. The van der Waals surface area contributed by atoms with Gasteiger partial charge in [0.2, 0.25) is 11.8 Å². The van der Waals surface area contributed by atoms with Gasteiger partial charge in [0.1, 0.15) is 17.3 Å². The molecule has 2 aromatic rings. The van der Waals surface area contributed by atoms with Gasteiger partial charge in [-0.2, -0.15) is 4.98 Å². The predicted molar refractivity (Wildman–Crippen MR) is 155 cm³/mol. The molecule has 1 aromatic heterocycles. The molecule has 12 heteroatoms. The number of benzene rings is 1. The first-order chi connectivity index (χ1) is 20.0. The summed E-state index contributed by atoms with van der Waals surface area (Å²) in [5.41, 5.74) is 0.0372. The fourth-order valence-electron chi connectivity index (χ4n) is 4.23. The van der Waals surface area contributed by atoms with Gasteiger partial charge in [0, 0.05) is 44.2 Å². The maximum absolute atomic E-state index is 13.6. The number of carbonyl (C=O) groups excluding carboxylic acids is 4. The van der Waals surface area contributed by atoms with Crippen molar-refractivity contribution in [2.75, 3.05) is 39.4 Å². The van der Waals surface area contributed by atoms with E-state index in [9.17, 15) is 19.2 Å². The lowest BCUT2D eigenvalue weighted by Crippen LogP contribution is -2.56. The zero-order valence-electron chi connectivity index (χ0n) is 25.1. The number of aromatic nitrogens is 2. The third-order valence-corrected chi connectivity index (χ3v) is 6.20. The highest BCUT2D eigenvalue weighted by molar-refractivity contribution is 5.96. The molecule has 1 unspecified atom stereocenters. The number of amides is 3. The Hall–Kier alpha value is -4.22. The lowest BCUT2D eigenvalue weighted by atomic mass is 10.1. The van der Waals surface area contributed by atoms with E-state index in [4.69, 9.17) is 14.2 Å². The van der Waals surface area contributed by atoms with Crippen LogP contribution >= 0.6 is 0 Å². The maximum atomic E-state index is 13.6. The Balaban J connectivity index is 1.81. The number of ether oxygens (including phenoxy) is 3. The molecule has 3 rings (SSSR count). The van der Waals surface area contributed by atoms with E-state index in [0.29, 0.717) is 31.1 Å². The van der Waals surface area contributed by atoms with Gasteiger partial charge in [0.15, 0.2) is 5.82 Å². The highest BCUT2D eigenvalue weighted by Crippen LogP contribution is 2.20. The Labute approximate surface area is 246 Å². The Morgan fingerprint density at radius 1 is 0.976 bits per heavy atom. The number of hydrogen-bond donors (Lipinski definition) is 1. The van der Waals surface area contributed by atoms with E-state index in [2.05, 4.69) is 15.3 Å². The summed E-state index contributed by atoms with van der Waals surface area (Å²) in [6.07, 6.45) is 0.253. The van der Waals surface area contributed by atoms with Crippen LogP contribution in [0.5, 0.6) is 5.88 Å². The zero-order valence-corrected chi connectivity index (χ0v) is 25.1. The number of nitrogens with one attached hydrogen (secondary N) is 1. The maximum Gasteiger partial charge on any atom is 0.409 e. The van der Waals surface area contributed by atoms with E-state index < -0.39 is 29.6 Å². The predicted octanol–water partition coefficient (Wildman–Crippen LogP) is 3.45. The van der Waals surface area contributed by atoms with E-state index in [1.807, 2.05) is 37.3 Å². The van der Waals surface area contributed by atoms with Gasteiger partial charge in [-0.25, -0.2) is 9.78 Å². The van der Waals surface area contributed by atoms with Crippen LogP contribution in [0.25, 0.3) is 11.4 Å². The van der Waals surface area contributed by atoms with Gasteiger partial charge in [-0.3, -0.25) is 14.4 Å². The van der Waals surface area contributed by atoms with Crippen LogP contribution in [0.4, 0.5) is 4.79 Å². The van der Waals surface area contributed by atoms with Crippen molar-refractivity contribution in [3.63, 3.8) is 0 Å². The SMILES string of the molecule is CCCOc1cc(C(=O)NC(CCC(=O)OC(C)(C)C)C(=O)N2CCN(C(=O)OCC)CC2)nc(-c2ccccc2)n1. The van der Waals surface area contributed by atoms with Crippen molar-refractivity contribution in [3.8, 4) is 17.3 Å². The topological polar surface area (TPSA) is 140 Å². The van der Waals surface area contributed by atoms with Crippen molar-refractivity contribution in [2.24, 2.45) is 0 Å². The van der Waals surface area contributed by atoms with Crippen molar-refractivity contribution >= 4 is 23.9 Å². The van der Waals surface area contributed by atoms with Crippen LogP contribution < -0.4 is 10.1 Å². The Kier molecular flexibility index (Phi) is 11.6. The highest BCUT2D eigenvalue weighted by atomic mass is 16.6. The smallest absolute Gasteiger partial charge is 0.409 e. The molecule has 2 heterocycles. The van der Waals surface area contributed by atoms with Gasteiger partial charge >= 0.3 is 12.1 Å². The first kappa shape index (κ1) is 32.3. The molecule has 1 aliphatic rings. The minimum atomic E-state index is -1.03. The molecule has 0 aliphatic carbocycles. The number of hydrogen-bond acceptors (Lipinski definition) is 9. The lowest BCUT2D eigenvalue weighted by molar-refractivity contribution is -0.155. The Bertz CT molecular complexity index is 1220. The minimum Gasteiger partial charge on any atom is -0.478 e. The lowest BCUT2D eigenvalue weighted by Gasteiger charge is -2.36. The third kappa shape index (κ3) is 9.71. The average Bonchev–Trinajstić information content (AvgIpc) is 2.97. The molecular formula is C30H41N5O7. The second kappa shape index (κ2) is 15.1. The Morgan fingerprint density at radius 3 is 2.26 bits per heavy atom. The van der Waals surface area contributed by atoms with Gasteiger partial charge in [0.05, 0.1) is 13.2 Å². The summed E-state index contributed by atoms with van der Waals surface area (Å²) >= 11 is 0. The number of nitrogens with zero attached hydrogens (tertiary/aromatic N) is 4. The normalized spacial score (nSPS) is 14.1. The van der Waals surface area contributed by atoms with Crippen LogP contribution in [0, 0.1) is 0 Å². The Morgan fingerprint density at radius 2 is 1.64 bits per heavy atom. The summed E-state index contributed by atoms with van der Waals surface area (Å²) in [5, 5.41) is 2.78. The van der Waals surface area contributed by atoms with Crippen LogP contribution in [0.15, 0.2) is 36.4 Å². The summed E-state index contributed by atoms with van der Waals surface area (Å²) in [6.45, 7) is 10.7. The third-order valence-electron chi connectivity index (χ3n) is 6.20. The van der Waals surface area contributed by atoms with Crippen LogP contribution in [0.1, 0.15) is 64.4 Å². The van der Waals surface area contributed by atoms with E-state index in [-0.39, 0.29) is 50.0 Å². The first-order valence-electron chi connectivity index (χ1n) is 14.3. The van der Waals surface area contributed by atoms with Crippen LogP contribution in [0.2, 0.25) is 0 Å². The van der Waals surface area contributed by atoms with Gasteiger partial charge in [0.25, 0.3) is 5.91 Å². The van der Waals surface area contributed by atoms with Crippen LogP contribution in [0.3, 0.4) is 0 Å². The fourth-order valence-corrected chi connectivity index (χ4v) is 4.23. The summed E-state index contributed by atoms with van der Waals surface area (Å²) in [6, 6.07) is 9.59. The number of esters is 1. The van der Waals surface area contributed by atoms with Crippen LogP contribution in [-0.4, -0.2) is 94.7 Å². The zero-order chi connectivity index (χ0) is 30.7. The number of carbonyl (C=O) groups is 4. The van der Waals surface area contributed by atoms with E-state index >= 15 is 0 Å². The molecule has 1 saturated heterocycles. The molecule has 0 spiro atoms. The van der Waals surface area contributed by atoms with E-state index in [1.54, 1.807) is 32.6 Å². The quantitative estimate of drug-likeness (QED) is 0.394. The number of rotatable bonds is 11. The van der Waals surface area contributed by atoms with Crippen LogP contribution in [-0.2, 0) is 19.1 Å². The van der Waals surface area contributed by atoms with E-state index in [1.165, 1.54) is 11.0 Å². The molecular weight excluding hydrogens is 542 g/mol. The second-order valence-corrected chi connectivity index (χ2v) is 10.8. The molecule has 0 radical (unpaired) electrons. The van der Waals surface area contributed by atoms with Gasteiger partial charge in [-0.05, 0) is 40.5 Å². The molecule has 1 N–H and O–H groups in total. The molecule has 42 heavy (non-hydrogen) atoms. The second-order valence-electron chi connectivity index (χ2n) is 10.8. The molecule has 1 aliphatic heterocycles. The van der Waals surface area contributed by atoms with E-state index in [0.717, 1.165) is 6.42 Å². The van der Waals surface area contributed by atoms with Crippen molar-refractivity contribution in [3.05, 3.63) is 42.1 Å². The summed E-state index contributed by atoms with van der Waals surface area (Å²) in [7, 11) is 0. The molecule has 1 aromatic carbocycles. The first-order valence-corrected chi connectivity index (χ1v) is 14.3.